The summed E-state index contributed by atoms with van der Waals surface area (Å²) in [5, 5.41) is 22.2. The first-order chi connectivity index (χ1) is 10.1. The van der Waals surface area contributed by atoms with Crippen LogP contribution in [-0.4, -0.2) is 21.0 Å². The normalized spacial score (nSPS) is 10.7. The van der Waals surface area contributed by atoms with E-state index in [4.69, 9.17) is 0 Å². The van der Waals surface area contributed by atoms with E-state index in [0.717, 1.165) is 11.4 Å². The number of non-ortho nitro benzene ring substituents is 1. The molecule has 21 heavy (non-hydrogen) atoms. The SMILES string of the molecule is CCc1nnc(NC(=O)C=Cc2ccc([N+](=O)[O-])cc2)s1. The average molecular weight is 304 g/mol. The van der Waals surface area contributed by atoms with E-state index in [-0.39, 0.29) is 11.6 Å². The summed E-state index contributed by atoms with van der Waals surface area (Å²) in [7, 11) is 0. The van der Waals surface area contributed by atoms with Crippen LogP contribution >= 0.6 is 11.3 Å². The third-order valence-corrected chi connectivity index (χ3v) is 3.51. The third-order valence-electron chi connectivity index (χ3n) is 2.53. The summed E-state index contributed by atoms with van der Waals surface area (Å²) >= 11 is 1.33. The summed E-state index contributed by atoms with van der Waals surface area (Å²) in [6.45, 7) is 1.96. The standard InChI is InChI=1S/C13H12N4O3S/c1-2-12-15-16-13(21-12)14-11(18)8-5-9-3-6-10(7-4-9)17(19)20/h3-8H,2H2,1H3,(H,14,16,18). The van der Waals surface area contributed by atoms with Crippen LogP contribution in [0.5, 0.6) is 0 Å². The molecule has 0 bridgehead atoms. The average Bonchev–Trinajstić information content (AvgIpc) is 2.93. The number of nitrogens with zero attached hydrogens (tertiary/aromatic N) is 3. The van der Waals surface area contributed by atoms with Crippen molar-refractivity contribution >= 4 is 34.1 Å². The lowest BCUT2D eigenvalue weighted by Crippen LogP contribution is -2.07. The molecule has 0 aliphatic rings. The van der Waals surface area contributed by atoms with Gasteiger partial charge in [0.1, 0.15) is 5.01 Å². The molecule has 8 heteroatoms. The third kappa shape index (κ3) is 4.18. The molecule has 0 saturated heterocycles. The predicted octanol–water partition coefficient (Wildman–Crippen LogP) is 2.66. The molecule has 108 valence electrons. The number of rotatable bonds is 5. The fourth-order valence-corrected chi connectivity index (χ4v) is 2.16. The monoisotopic (exact) mass is 304 g/mol. The van der Waals surface area contributed by atoms with Gasteiger partial charge in [0.15, 0.2) is 0 Å². The molecule has 1 aromatic heterocycles. The van der Waals surface area contributed by atoms with E-state index in [1.807, 2.05) is 6.92 Å². The zero-order valence-corrected chi connectivity index (χ0v) is 12.0. The molecule has 0 radical (unpaired) electrons. The van der Waals surface area contributed by atoms with Crippen LogP contribution in [0.15, 0.2) is 30.3 Å². The van der Waals surface area contributed by atoms with Crippen LogP contribution in [0.4, 0.5) is 10.8 Å². The largest absolute Gasteiger partial charge is 0.297 e. The Morgan fingerprint density at radius 1 is 1.38 bits per heavy atom. The van der Waals surface area contributed by atoms with Gasteiger partial charge in [-0.05, 0) is 30.2 Å². The van der Waals surface area contributed by atoms with Gasteiger partial charge in [0.2, 0.25) is 11.0 Å². The first kappa shape index (κ1) is 14.8. The molecule has 0 atom stereocenters. The van der Waals surface area contributed by atoms with E-state index < -0.39 is 4.92 Å². The van der Waals surface area contributed by atoms with Gasteiger partial charge in [0, 0.05) is 18.2 Å². The van der Waals surface area contributed by atoms with Gasteiger partial charge in [-0.15, -0.1) is 10.2 Å². The van der Waals surface area contributed by atoms with Crippen molar-refractivity contribution < 1.29 is 9.72 Å². The summed E-state index contributed by atoms with van der Waals surface area (Å²) in [6.07, 6.45) is 3.68. The summed E-state index contributed by atoms with van der Waals surface area (Å²) in [6, 6.07) is 5.91. The number of anilines is 1. The van der Waals surface area contributed by atoms with Crippen LogP contribution in [0.1, 0.15) is 17.5 Å². The molecular formula is C13H12N4O3S. The number of carbonyl (C=O) groups is 1. The van der Waals surface area contributed by atoms with Crippen LogP contribution in [0.3, 0.4) is 0 Å². The second-order valence-corrected chi connectivity index (χ2v) is 5.09. The maximum Gasteiger partial charge on any atom is 0.269 e. The summed E-state index contributed by atoms with van der Waals surface area (Å²) in [5.41, 5.74) is 0.708. The van der Waals surface area contributed by atoms with Gasteiger partial charge in [-0.3, -0.25) is 20.2 Å². The molecule has 2 rings (SSSR count). The molecule has 0 spiro atoms. The molecule has 0 fully saturated rings. The zero-order chi connectivity index (χ0) is 15.2. The second kappa shape index (κ2) is 6.71. The van der Waals surface area contributed by atoms with E-state index in [1.54, 1.807) is 18.2 Å². The Bertz CT molecular complexity index is 679. The van der Waals surface area contributed by atoms with Gasteiger partial charge in [-0.2, -0.15) is 0 Å². The molecule has 2 aromatic rings. The highest BCUT2D eigenvalue weighted by atomic mass is 32.1. The molecular weight excluding hydrogens is 292 g/mol. The maximum absolute atomic E-state index is 11.7. The highest BCUT2D eigenvalue weighted by molar-refractivity contribution is 7.15. The van der Waals surface area contributed by atoms with E-state index >= 15 is 0 Å². The fraction of sp³-hybridized carbons (Fsp3) is 0.154. The quantitative estimate of drug-likeness (QED) is 0.520. The number of nitro groups is 1. The van der Waals surface area contributed by atoms with E-state index in [2.05, 4.69) is 15.5 Å². The minimum atomic E-state index is -0.471. The van der Waals surface area contributed by atoms with Crippen LogP contribution in [0, 0.1) is 10.1 Å². The number of carbonyl (C=O) groups excluding carboxylic acids is 1. The topological polar surface area (TPSA) is 98.0 Å². The van der Waals surface area contributed by atoms with Crippen LogP contribution in [-0.2, 0) is 11.2 Å². The van der Waals surface area contributed by atoms with Crippen molar-refractivity contribution in [3.63, 3.8) is 0 Å². The Kier molecular flexibility index (Phi) is 4.72. The molecule has 1 heterocycles. The lowest BCUT2D eigenvalue weighted by atomic mass is 10.2. The number of hydrogen-bond donors (Lipinski definition) is 1. The number of aryl methyl sites for hydroxylation is 1. The minimum Gasteiger partial charge on any atom is -0.297 e. The van der Waals surface area contributed by atoms with Gasteiger partial charge in [0.25, 0.3) is 5.69 Å². The summed E-state index contributed by atoms with van der Waals surface area (Å²) in [4.78, 5) is 21.7. The summed E-state index contributed by atoms with van der Waals surface area (Å²) in [5.74, 6) is -0.327. The number of nitrogens with one attached hydrogen (secondary N) is 1. The van der Waals surface area contributed by atoms with E-state index in [0.29, 0.717) is 10.7 Å². The molecule has 1 aromatic carbocycles. The second-order valence-electron chi connectivity index (χ2n) is 4.03. The Balaban J connectivity index is 1.96. The van der Waals surface area contributed by atoms with Crippen molar-refractivity contribution in [1.29, 1.82) is 0 Å². The van der Waals surface area contributed by atoms with Crippen molar-refractivity contribution in [2.75, 3.05) is 5.32 Å². The lowest BCUT2D eigenvalue weighted by Gasteiger charge is -1.95. The van der Waals surface area contributed by atoms with E-state index in [9.17, 15) is 14.9 Å². The number of nitro benzene ring substituents is 1. The van der Waals surface area contributed by atoms with Crippen LogP contribution < -0.4 is 5.32 Å². The molecule has 7 nitrogen and oxygen atoms in total. The number of hydrogen-bond acceptors (Lipinski definition) is 6. The van der Waals surface area contributed by atoms with Crippen molar-refractivity contribution in [3.8, 4) is 0 Å². The van der Waals surface area contributed by atoms with Crippen molar-refractivity contribution in [2.24, 2.45) is 0 Å². The number of aromatic nitrogens is 2. The Hall–Kier alpha value is -2.61. The Morgan fingerprint density at radius 2 is 2.10 bits per heavy atom. The highest BCUT2D eigenvalue weighted by Gasteiger charge is 2.05. The molecule has 0 saturated carbocycles. The Labute approximate surface area is 124 Å². The van der Waals surface area contributed by atoms with Crippen molar-refractivity contribution in [1.82, 2.24) is 10.2 Å². The van der Waals surface area contributed by atoms with Gasteiger partial charge in [-0.25, -0.2) is 0 Å². The van der Waals surface area contributed by atoms with Gasteiger partial charge in [0.05, 0.1) is 4.92 Å². The van der Waals surface area contributed by atoms with Gasteiger partial charge in [-0.1, -0.05) is 18.3 Å². The van der Waals surface area contributed by atoms with Crippen LogP contribution in [0.2, 0.25) is 0 Å². The van der Waals surface area contributed by atoms with Gasteiger partial charge >= 0.3 is 0 Å². The number of amides is 1. The fourth-order valence-electron chi connectivity index (χ4n) is 1.47. The first-order valence-corrected chi connectivity index (χ1v) is 6.96. The van der Waals surface area contributed by atoms with E-state index in [1.165, 1.54) is 29.5 Å². The van der Waals surface area contributed by atoms with Crippen molar-refractivity contribution in [2.45, 2.75) is 13.3 Å². The molecule has 1 amide bonds. The van der Waals surface area contributed by atoms with Gasteiger partial charge < -0.3 is 0 Å². The zero-order valence-electron chi connectivity index (χ0n) is 11.1. The smallest absolute Gasteiger partial charge is 0.269 e. The minimum absolute atomic E-state index is 0.0116. The first-order valence-electron chi connectivity index (χ1n) is 6.14. The summed E-state index contributed by atoms with van der Waals surface area (Å²) < 4.78 is 0. The molecule has 0 aliphatic carbocycles. The number of benzene rings is 1. The predicted molar refractivity (Wildman–Crippen MR) is 80.0 cm³/mol. The molecule has 0 aliphatic heterocycles. The van der Waals surface area contributed by atoms with Crippen molar-refractivity contribution in [3.05, 3.63) is 51.0 Å². The highest BCUT2D eigenvalue weighted by Crippen LogP contribution is 2.16. The Morgan fingerprint density at radius 3 is 2.67 bits per heavy atom. The maximum atomic E-state index is 11.7. The molecule has 0 unspecified atom stereocenters. The van der Waals surface area contributed by atoms with Crippen LogP contribution in [0.25, 0.3) is 6.08 Å². The lowest BCUT2D eigenvalue weighted by molar-refractivity contribution is -0.384. The molecule has 1 N–H and O–H groups in total.